The third-order valence-electron chi connectivity index (χ3n) is 4.94. The molecule has 0 aliphatic carbocycles. The molecule has 0 radical (unpaired) electrons. The Morgan fingerprint density at radius 1 is 1.09 bits per heavy atom. The van der Waals surface area contributed by atoms with Crippen LogP contribution in [0, 0.1) is 5.41 Å². The van der Waals surface area contributed by atoms with Crippen LogP contribution in [0.2, 0.25) is 0 Å². The van der Waals surface area contributed by atoms with Crippen LogP contribution in [0.5, 0.6) is 0 Å². The first-order valence-electron chi connectivity index (χ1n) is 7.95. The van der Waals surface area contributed by atoms with Gasteiger partial charge in [-0.2, -0.15) is 0 Å². The van der Waals surface area contributed by atoms with Crippen molar-refractivity contribution in [3.05, 3.63) is 54.4 Å². The second-order valence-corrected chi connectivity index (χ2v) is 6.55. The first kappa shape index (κ1) is 14.1. The molecule has 1 atom stereocenters. The minimum Gasteiger partial charge on any atom is -0.357 e. The average Bonchev–Trinajstić information content (AvgIpc) is 3.29. The van der Waals surface area contributed by atoms with Gasteiger partial charge in [-0.3, -0.25) is 9.59 Å². The number of anilines is 1. The Labute approximate surface area is 134 Å². The molecule has 1 spiro atoms. The molecule has 2 aliphatic heterocycles. The van der Waals surface area contributed by atoms with E-state index in [1.54, 1.807) is 12.3 Å². The largest absolute Gasteiger partial charge is 0.357 e. The van der Waals surface area contributed by atoms with Gasteiger partial charge in [-0.1, -0.05) is 18.2 Å². The fourth-order valence-electron chi connectivity index (χ4n) is 3.75. The average molecular weight is 309 g/mol. The molecule has 0 bridgehead atoms. The summed E-state index contributed by atoms with van der Waals surface area (Å²) in [6.45, 7) is 2.07. The first-order valence-corrected chi connectivity index (χ1v) is 7.95. The van der Waals surface area contributed by atoms with Crippen molar-refractivity contribution in [1.29, 1.82) is 0 Å². The predicted molar refractivity (Wildman–Crippen MR) is 87.2 cm³/mol. The molecule has 2 fully saturated rings. The highest BCUT2D eigenvalue weighted by Gasteiger charge is 2.48. The minimum atomic E-state index is -0.102. The van der Waals surface area contributed by atoms with Crippen molar-refractivity contribution in [2.24, 2.45) is 5.41 Å². The van der Waals surface area contributed by atoms with Crippen LogP contribution in [-0.2, 0) is 4.79 Å². The van der Waals surface area contributed by atoms with Crippen LogP contribution in [0.25, 0.3) is 0 Å². The maximum Gasteiger partial charge on any atom is 0.270 e. The SMILES string of the molecule is O=C(c1ccc[nH]1)N1CC[C@@]2(CC(=O)N(c3ccccc3)C2)C1. The van der Waals surface area contributed by atoms with Gasteiger partial charge in [0.1, 0.15) is 5.69 Å². The van der Waals surface area contributed by atoms with Gasteiger partial charge in [0.15, 0.2) is 0 Å². The Bertz CT molecular complexity index is 726. The van der Waals surface area contributed by atoms with Crippen LogP contribution in [0.15, 0.2) is 48.7 Å². The summed E-state index contributed by atoms with van der Waals surface area (Å²) in [7, 11) is 0. The second-order valence-electron chi connectivity index (χ2n) is 6.55. The summed E-state index contributed by atoms with van der Waals surface area (Å²) in [5.74, 6) is 0.183. The van der Waals surface area contributed by atoms with Gasteiger partial charge in [0.2, 0.25) is 5.91 Å². The van der Waals surface area contributed by atoms with E-state index >= 15 is 0 Å². The molecule has 2 amide bonds. The van der Waals surface area contributed by atoms with Crippen LogP contribution in [0.4, 0.5) is 5.69 Å². The van der Waals surface area contributed by atoms with E-state index in [1.807, 2.05) is 46.2 Å². The molecule has 2 saturated heterocycles. The minimum absolute atomic E-state index is 0.0254. The number of carbonyl (C=O) groups excluding carboxylic acids is 2. The van der Waals surface area contributed by atoms with Crippen molar-refractivity contribution in [3.8, 4) is 0 Å². The molecule has 5 heteroatoms. The molecule has 23 heavy (non-hydrogen) atoms. The third-order valence-corrected chi connectivity index (χ3v) is 4.94. The molecule has 118 valence electrons. The van der Waals surface area contributed by atoms with Gasteiger partial charge in [0, 0.05) is 43.4 Å². The number of hydrogen-bond acceptors (Lipinski definition) is 2. The summed E-state index contributed by atoms with van der Waals surface area (Å²) in [5, 5.41) is 0. The van der Waals surface area contributed by atoms with Gasteiger partial charge in [-0.05, 0) is 30.7 Å². The summed E-state index contributed by atoms with van der Waals surface area (Å²) in [6, 6.07) is 13.4. The molecule has 2 aliphatic rings. The number of carbonyl (C=O) groups is 2. The van der Waals surface area contributed by atoms with Crippen LogP contribution in [-0.4, -0.2) is 41.3 Å². The van der Waals surface area contributed by atoms with Crippen molar-refractivity contribution < 1.29 is 9.59 Å². The lowest BCUT2D eigenvalue weighted by molar-refractivity contribution is -0.117. The molecule has 0 saturated carbocycles. The maximum absolute atomic E-state index is 12.5. The number of hydrogen-bond donors (Lipinski definition) is 1. The fraction of sp³-hybridized carbons (Fsp3) is 0.333. The van der Waals surface area contributed by atoms with Gasteiger partial charge in [0.25, 0.3) is 5.91 Å². The summed E-state index contributed by atoms with van der Waals surface area (Å²) < 4.78 is 0. The lowest BCUT2D eigenvalue weighted by Gasteiger charge is -2.24. The topological polar surface area (TPSA) is 56.4 Å². The third kappa shape index (κ3) is 2.42. The van der Waals surface area contributed by atoms with Gasteiger partial charge in [-0.25, -0.2) is 0 Å². The van der Waals surface area contributed by atoms with Gasteiger partial charge in [0.05, 0.1) is 0 Å². The quantitative estimate of drug-likeness (QED) is 0.925. The molecule has 0 unspecified atom stereocenters. The van der Waals surface area contributed by atoms with Crippen LogP contribution >= 0.6 is 0 Å². The highest BCUT2D eigenvalue weighted by Crippen LogP contribution is 2.42. The fourth-order valence-corrected chi connectivity index (χ4v) is 3.75. The van der Waals surface area contributed by atoms with Gasteiger partial charge < -0.3 is 14.8 Å². The Kier molecular flexibility index (Phi) is 3.22. The molecule has 1 aromatic heterocycles. The number of aromatic amines is 1. The zero-order valence-electron chi connectivity index (χ0n) is 12.9. The predicted octanol–water partition coefficient (Wildman–Crippen LogP) is 2.28. The van der Waals surface area contributed by atoms with Crippen LogP contribution < -0.4 is 4.90 Å². The molecule has 4 rings (SSSR count). The Balaban J connectivity index is 1.51. The van der Waals surface area contributed by atoms with Crippen molar-refractivity contribution >= 4 is 17.5 Å². The Hall–Kier alpha value is -2.56. The number of rotatable bonds is 2. The van der Waals surface area contributed by atoms with Gasteiger partial charge >= 0.3 is 0 Å². The lowest BCUT2D eigenvalue weighted by atomic mass is 9.86. The molecular weight excluding hydrogens is 290 g/mol. The summed E-state index contributed by atoms with van der Waals surface area (Å²) >= 11 is 0. The Morgan fingerprint density at radius 3 is 2.65 bits per heavy atom. The van der Waals surface area contributed by atoms with Crippen molar-refractivity contribution in [2.75, 3.05) is 24.5 Å². The maximum atomic E-state index is 12.5. The Morgan fingerprint density at radius 2 is 1.91 bits per heavy atom. The van der Waals surface area contributed by atoms with E-state index < -0.39 is 0 Å². The van der Waals surface area contributed by atoms with Crippen LogP contribution in [0.1, 0.15) is 23.3 Å². The first-order chi connectivity index (χ1) is 11.2. The van der Waals surface area contributed by atoms with E-state index in [1.165, 1.54) is 0 Å². The molecular formula is C18H19N3O2. The van der Waals surface area contributed by atoms with E-state index in [0.717, 1.165) is 12.1 Å². The smallest absolute Gasteiger partial charge is 0.270 e. The number of aromatic nitrogens is 1. The van der Waals surface area contributed by atoms with E-state index in [0.29, 0.717) is 31.7 Å². The standard InChI is InChI=1S/C18H19N3O2/c22-16-11-18(13-21(16)14-5-2-1-3-6-14)8-10-20(12-18)17(23)15-7-4-9-19-15/h1-7,9,19H,8,10-13H2/t18-/m1/s1. The lowest BCUT2D eigenvalue weighted by Crippen LogP contribution is -2.34. The number of benzene rings is 1. The van der Waals surface area contributed by atoms with E-state index in [9.17, 15) is 9.59 Å². The number of nitrogens with one attached hydrogen (secondary N) is 1. The zero-order chi connectivity index (χ0) is 15.9. The normalized spacial score (nSPS) is 23.9. The monoisotopic (exact) mass is 309 g/mol. The van der Waals surface area contributed by atoms with Crippen molar-refractivity contribution in [1.82, 2.24) is 9.88 Å². The van der Waals surface area contributed by atoms with Crippen molar-refractivity contribution in [3.63, 3.8) is 0 Å². The van der Waals surface area contributed by atoms with E-state index in [4.69, 9.17) is 0 Å². The van der Waals surface area contributed by atoms with Crippen LogP contribution in [0.3, 0.4) is 0 Å². The van der Waals surface area contributed by atoms with E-state index in [2.05, 4.69) is 4.98 Å². The number of amides is 2. The number of H-pyrrole nitrogens is 1. The van der Waals surface area contributed by atoms with Gasteiger partial charge in [-0.15, -0.1) is 0 Å². The second kappa shape index (κ2) is 5.26. The highest BCUT2D eigenvalue weighted by molar-refractivity contribution is 5.97. The molecule has 3 heterocycles. The number of para-hydroxylation sites is 1. The highest BCUT2D eigenvalue weighted by atomic mass is 16.2. The molecule has 1 aromatic carbocycles. The summed E-state index contributed by atoms with van der Waals surface area (Å²) in [6.07, 6.45) is 3.17. The number of likely N-dealkylation sites (tertiary alicyclic amines) is 1. The van der Waals surface area contributed by atoms with Crippen molar-refractivity contribution in [2.45, 2.75) is 12.8 Å². The molecule has 2 aromatic rings. The van der Waals surface area contributed by atoms with E-state index in [-0.39, 0.29) is 17.2 Å². The molecule has 1 N–H and O–H groups in total. The zero-order valence-corrected chi connectivity index (χ0v) is 12.9. The summed E-state index contributed by atoms with van der Waals surface area (Å²) in [5.41, 5.74) is 1.46. The number of nitrogens with zero attached hydrogens (tertiary/aromatic N) is 2. The summed E-state index contributed by atoms with van der Waals surface area (Å²) in [4.78, 5) is 31.6. The molecule has 5 nitrogen and oxygen atoms in total.